The summed E-state index contributed by atoms with van der Waals surface area (Å²) in [6.45, 7) is 10.9. The van der Waals surface area contributed by atoms with Crippen molar-refractivity contribution >= 4 is 5.91 Å². The van der Waals surface area contributed by atoms with Crippen molar-refractivity contribution in [3.63, 3.8) is 0 Å². The third-order valence-corrected chi connectivity index (χ3v) is 4.77. The molecule has 0 bridgehead atoms. The van der Waals surface area contributed by atoms with E-state index in [9.17, 15) is 4.79 Å². The zero-order valence-electron chi connectivity index (χ0n) is 14.9. The predicted molar refractivity (Wildman–Crippen MR) is 94.0 cm³/mol. The smallest absolute Gasteiger partial charge is 0.251 e. The summed E-state index contributed by atoms with van der Waals surface area (Å²) in [7, 11) is 1.75. The Morgan fingerprint density at radius 1 is 1.22 bits per heavy atom. The molecule has 1 N–H and O–H groups in total. The summed E-state index contributed by atoms with van der Waals surface area (Å²) >= 11 is 0. The Bertz CT molecular complexity index is 511. The molecule has 23 heavy (non-hydrogen) atoms. The molecule has 4 nitrogen and oxygen atoms in total. The summed E-state index contributed by atoms with van der Waals surface area (Å²) in [6, 6.07) is 4.16. The molecule has 1 aromatic rings. The lowest BCUT2D eigenvalue weighted by atomic mass is 9.95. The summed E-state index contributed by atoms with van der Waals surface area (Å²) < 4.78 is 5.13. The van der Waals surface area contributed by atoms with Gasteiger partial charge in [-0.25, -0.2) is 0 Å². The summed E-state index contributed by atoms with van der Waals surface area (Å²) in [5, 5.41) is 3.15. The van der Waals surface area contributed by atoms with Gasteiger partial charge in [-0.1, -0.05) is 17.7 Å². The summed E-state index contributed by atoms with van der Waals surface area (Å²) in [4.78, 5) is 14.9. The van der Waals surface area contributed by atoms with Gasteiger partial charge >= 0.3 is 0 Å². The first kappa shape index (κ1) is 18.0. The van der Waals surface area contributed by atoms with Crippen LogP contribution in [0.3, 0.4) is 0 Å². The number of benzene rings is 1. The van der Waals surface area contributed by atoms with Gasteiger partial charge in [0.25, 0.3) is 5.91 Å². The number of likely N-dealkylation sites (tertiary alicyclic amines) is 1. The Labute approximate surface area is 140 Å². The van der Waals surface area contributed by atoms with Gasteiger partial charge in [-0.2, -0.15) is 0 Å². The molecule has 0 spiro atoms. The molecule has 128 valence electrons. The molecule has 1 fully saturated rings. The van der Waals surface area contributed by atoms with Crippen LogP contribution in [0.4, 0.5) is 0 Å². The number of ether oxygens (including phenoxy) is 1. The number of methoxy groups -OCH3 is 1. The van der Waals surface area contributed by atoms with Crippen LogP contribution < -0.4 is 5.32 Å². The highest BCUT2D eigenvalue weighted by atomic mass is 16.5. The molecule has 1 aliphatic heterocycles. The molecule has 1 aromatic carbocycles. The number of carbonyl (C=O) groups is 1. The normalized spacial score (nSPS) is 16.5. The summed E-state index contributed by atoms with van der Waals surface area (Å²) in [5.41, 5.74) is 4.18. The van der Waals surface area contributed by atoms with Crippen LogP contribution in [0.5, 0.6) is 0 Å². The van der Waals surface area contributed by atoms with E-state index < -0.39 is 0 Å². The van der Waals surface area contributed by atoms with Crippen LogP contribution in [0.2, 0.25) is 0 Å². The fourth-order valence-corrected chi connectivity index (χ4v) is 3.50. The van der Waals surface area contributed by atoms with E-state index in [0.717, 1.165) is 62.3 Å². The molecule has 1 aliphatic rings. The second-order valence-corrected chi connectivity index (χ2v) is 6.76. The largest absolute Gasteiger partial charge is 0.383 e. The highest BCUT2D eigenvalue weighted by molar-refractivity contribution is 5.97. The number of amides is 1. The quantitative estimate of drug-likeness (QED) is 0.877. The van der Waals surface area contributed by atoms with E-state index in [1.807, 2.05) is 13.8 Å². The van der Waals surface area contributed by atoms with Gasteiger partial charge in [0, 0.05) is 25.8 Å². The molecular formula is C19H30N2O2. The van der Waals surface area contributed by atoms with Crippen LogP contribution >= 0.6 is 0 Å². The van der Waals surface area contributed by atoms with Crippen molar-refractivity contribution in [1.82, 2.24) is 10.2 Å². The van der Waals surface area contributed by atoms with Crippen LogP contribution in [-0.4, -0.2) is 50.7 Å². The third-order valence-electron chi connectivity index (χ3n) is 4.77. The molecule has 1 heterocycles. The van der Waals surface area contributed by atoms with Crippen LogP contribution in [0.1, 0.15) is 39.9 Å². The first-order valence-corrected chi connectivity index (χ1v) is 8.58. The van der Waals surface area contributed by atoms with Crippen molar-refractivity contribution < 1.29 is 9.53 Å². The molecule has 0 saturated carbocycles. The maximum Gasteiger partial charge on any atom is 0.251 e. The number of piperidine rings is 1. The molecule has 1 saturated heterocycles. The Kier molecular flexibility index (Phi) is 6.60. The van der Waals surface area contributed by atoms with Crippen LogP contribution in [0.25, 0.3) is 0 Å². The molecule has 0 unspecified atom stereocenters. The molecule has 0 aromatic heterocycles. The van der Waals surface area contributed by atoms with Crippen LogP contribution in [0, 0.1) is 26.7 Å². The zero-order valence-corrected chi connectivity index (χ0v) is 14.9. The summed E-state index contributed by atoms with van der Waals surface area (Å²) in [5.74, 6) is 0.658. The van der Waals surface area contributed by atoms with Crippen molar-refractivity contribution in [3.8, 4) is 0 Å². The van der Waals surface area contributed by atoms with Gasteiger partial charge in [-0.3, -0.25) is 4.79 Å². The van der Waals surface area contributed by atoms with Crippen molar-refractivity contribution in [2.45, 2.75) is 33.6 Å². The first-order valence-electron chi connectivity index (χ1n) is 8.58. The van der Waals surface area contributed by atoms with Gasteiger partial charge in [0.2, 0.25) is 0 Å². The standard InChI is InChI=1S/C19H30N2O2/c1-14-11-15(2)18(16(3)12-14)19(22)20-13-17-5-7-21(8-6-17)9-10-23-4/h11-12,17H,5-10,13H2,1-4H3,(H,20,22). The van der Waals surface area contributed by atoms with E-state index in [4.69, 9.17) is 4.74 Å². The van der Waals surface area contributed by atoms with Gasteiger partial charge in [-0.05, 0) is 63.7 Å². The minimum atomic E-state index is 0.0711. The van der Waals surface area contributed by atoms with Crippen molar-refractivity contribution in [2.75, 3.05) is 39.9 Å². The van der Waals surface area contributed by atoms with E-state index in [2.05, 4.69) is 29.3 Å². The van der Waals surface area contributed by atoms with E-state index in [1.165, 1.54) is 5.56 Å². The number of aryl methyl sites for hydroxylation is 3. The average Bonchev–Trinajstić information content (AvgIpc) is 2.51. The molecule has 0 atom stereocenters. The fraction of sp³-hybridized carbons (Fsp3) is 0.632. The maximum absolute atomic E-state index is 12.5. The number of hydrogen-bond donors (Lipinski definition) is 1. The Morgan fingerprint density at radius 3 is 2.39 bits per heavy atom. The molecular weight excluding hydrogens is 288 g/mol. The van der Waals surface area contributed by atoms with Gasteiger partial charge in [0.15, 0.2) is 0 Å². The SMILES string of the molecule is COCCN1CCC(CNC(=O)c2c(C)cc(C)cc2C)CC1. The zero-order chi connectivity index (χ0) is 16.8. The molecule has 2 rings (SSSR count). The second-order valence-electron chi connectivity index (χ2n) is 6.76. The van der Waals surface area contributed by atoms with Crippen LogP contribution in [-0.2, 0) is 4.74 Å². The lowest BCUT2D eigenvalue weighted by Crippen LogP contribution is -2.40. The van der Waals surface area contributed by atoms with Crippen molar-refractivity contribution in [3.05, 3.63) is 34.4 Å². The number of nitrogens with zero attached hydrogens (tertiary/aromatic N) is 1. The molecule has 4 heteroatoms. The number of rotatable bonds is 6. The number of carbonyl (C=O) groups excluding carboxylic acids is 1. The number of nitrogens with one attached hydrogen (secondary N) is 1. The second kappa shape index (κ2) is 8.46. The molecule has 1 amide bonds. The van der Waals surface area contributed by atoms with E-state index in [0.29, 0.717) is 5.92 Å². The molecule has 0 aliphatic carbocycles. The Balaban J connectivity index is 1.82. The van der Waals surface area contributed by atoms with Crippen molar-refractivity contribution in [2.24, 2.45) is 5.92 Å². The van der Waals surface area contributed by atoms with E-state index in [-0.39, 0.29) is 5.91 Å². The Morgan fingerprint density at radius 2 is 1.83 bits per heavy atom. The minimum absolute atomic E-state index is 0.0711. The predicted octanol–water partition coefficient (Wildman–Crippen LogP) is 2.70. The monoisotopic (exact) mass is 318 g/mol. The van der Waals surface area contributed by atoms with E-state index in [1.54, 1.807) is 7.11 Å². The Hall–Kier alpha value is -1.39. The lowest BCUT2D eigenvalue weighted by Gasteiger charge is -2.31. The first-order chi connectivity index (χ1) is 11.0. The lowest BCUT2D eigenvalue weighted by molar-refractivity contribution is 0.0925. The maximum atomic E-state index is 12.5. The molecule has 0 radical (unpaired) electrons. The highest BCUT2D eigenvalue weighted by Gasteiger charge is 2.20. The topological polar surface area (TPSA) is 41.6 Å². The van der Waals surface area contributed by atoms with Gasteiger partial charge < -0.3 is 15.0 Å². The van der Waals surface area contributed by atoms with Gasteiger partial charge in [0.1, 0.15) is 0 Å². The van der Waals surface area contributed by atoms with Gasteiger partial charge in [-0.15, -0.1) is 0 Å². The van der Waals surface area contributed by atoms with E-state index >= 15 is 0 Å². The number of hydrogen-bond acceptors (Lipinski definition) is 3. The third kappa shape index (κ3) is 5.05. The van der Waals surface area contributed by atoms with Crippen LogP contribution in [0.15, 0.2) is 12.1 Å². The average molecular weight is 318 g/mol. The van der Waals surface area contributed by atoms with Gasteiger partial charge in [0.05, 0.1) is 6.61 Å². The fourth-order valence-electron chi connectivity index (χ4n) is 3.50. The highest BCUT2D eigenvalue weighted by Crippen LogP contribution is 2.18. The summed E-state index contributed by atoms with van der Waals surface area (Å²) in [6.07, 6.45) is 2.30. The minimum Gasteiger partial charge on any atom is -0.383 e. The van der Waals surface area contributed by atoms with Crippen molar-refractivity contribution in [1.29, 1.82) is 0 Å².